The summed E-state index contributed by atoms with van der Waals surface area (Å²) in [5.74, 6) is -0.507. The van der Waals surface area contributed by atoms with Crippen molar-refractivity contribution < 1.29 is 23.9 Å². The molecular weight excluding hydrogens is 324 g/mol. The summed E-state index contributed by atoms with van der Waals surface area (Å²) in [6.07, 6.45) is -2.16. The van der Waals surface area contributed by atoms with Gasteiger partial charge in [-0.05, 0) is 39.7 Å². The molecule has 3 amide bonds. The number of hydrogen-bond acceptors (Lipinski definition) is 5. The Morgan fingerprint density at radius 2 is 1.52 bits per heavy atom. The van der Waals surface area contributed by atoms with Gasteiger partial charge in [0.05, 0.1) is 12.2 Å². The van der Waals surface area contributed by atoms with Crippen LogP contribution in [0.2, 0.25) is 0 Å². The van der Waals surface area contributed by atoms with E-state index < -0.39 is 35.8 Å². The number of rotatable bonds is 4. The van der Waals surface area contributed by atoms with Crippen LogP contribution < -0.4 is 0 Å². The number of carbonyl (C=O) groups is 3. The standard InChI is InChI=1S/C18H24N2O5/c1-6-18(14-10-8-7-9-11-14)15(21)19(16(22)24-12(2)3)20(18)17(23)25-13(4)5/h7-13H,6H2,1-5H3/t18-/m1/s1. The van der Waals surface area contributed by atoms with E-state index in [-0.39, 0.29) is 0 Å². The highest BCUT2D eigenvalue weighted by molar-refractivity contribution is 6.06. The van der Waals surface area contributed by atoms with Gasteiger partial charge in [-0.1, -0.05) is 37.3 Å². The second-order valence-corrected chi connectivity index (χ2v) is 6.37. The molecule has 1 aromatic carbocycles. The molecular formula is C18H24N2O5. The Morgan fingerprint density at radius 1 is 1.00 bits per heavy atom. The first-order valence-corrected chi connectivity index (χ1v) is 8.37. The minimum absolute atomic E-state index is 0.300. The molecule has 0 unspecified atom stereocenters. The maximum atomic E-state index is 12.9. The molecule has 1 atom stereocenters. The van der Waals surface area contributed by atoms with Gasteiger partial charge in [0.2, 0.25) is 0 Å². The summed E-state index contributed by atoms with van der Waals surface area (Å²) in [5, 5.41) is 1.79. The fraction of sp³-hybridized carbons (Fsp3) is 0.500. The van der Waals surface area contributed by atoms with Crippen LogP contribution in [-0.2, 0) is 19.8 Å². The summed E-state index contributed by atoms with van der Waals surface area (Å²) in [7, 11) is 0. The highest BCUT2D eigenvalue weighted by atomic mass is 16.6. The molecule has 25 heavy (non-hydrogen) atoms. The van der Waals surface area contributed by atoms with Gasteiger partial charge in [0.15, 0.2) is 5.54 Å². The number of nitrogens with zero attached hydrogens (tertiary/aromatic N) is 2. The van der Waals surface area contributed by atoms with Crippen molar-refractivity contribution in [2.75, 3.05) is 0 Å². The van der Waals surface area contributed by atoms with Gasteiger partial charge in [-0.2, -0.15) is 5.01 Å². The minimum atomic E-state index is -1.27. The van der Waals surface area contributed by atoms with Crippen molar-refractivity contribution in [3.05, 3.63) is 35.9 Å². The van der Waals surface area contributed by atoms with E-state index >= 15 is 0 Å². The Labute approximate surface area is 147 Å². The van der Waals surface area contributed by atoms with Crippen molar-refractivity contribution in [3.63, 3.8) is 0 Å². The summed E-state index contributed by atoms with van der Waals surface area (Å²) in [6, 6.07) is 8.88. The molecule has 0 bridgehead atoms. The third kappa shape index (κ3) is 3.18. The van der Waals surface area contributed by atoms with Crippen molar-refractivity contribution in [1.29, 1.82) is 0 Å². The third-order valence-electron chi connectivity index (χ3n) is 3.89. The van der Waals surface area contributed by atoms with Gasteiger partial charge in [-0.3, -0.25) is 4.79 Å². The largest absolute Gasteiger partial charge is 0.445 e. The lowest BCUT2D eigenvalue weighted by molar-refractivity contribution is -0.204. The SMILES string of the molecule is CC[C@@]1(c2ccccc2)C(=O)N(C(=O)OC(C)C)N1C(=O)OC(C)C. The van der Waals surface area contributed by atoms with E-state index in [1.807, 2.05) is 6.07 Å². The maximum absolute atomic E-state index is 12.9. The highest BCUT2D eigenvalue weighted by Crippen LogP contribution is 2.44. The molecule has 0 aliphatic carbocycles. The number of ether oxygens (including phenoxy) is 2. The molecule has 1 aliphatic rings. The monoisotopic (exact) mass is 348 g/mol. The minimum Gasteiger partial charge on any atom is -0.445 e. The van der Waals surface area contributed by atoms with Crippen LogP contribution in [0.25, 0.3) is 0 Å². The van der Waals surface area contributed by atoms with Crippen LogP contribution in [0.4, 0.5) is 9.59 Å². The molecule has 1 aromatic rings. The lowest BCUT2D eigenvalue weighted by Crippen LogP contribution is -2.78. The number of benzene rings is 1. The van der Waals surface area contributed by atoms with Crippen LogP contribution >= 0.6 is 0 Å². The van der Waals surface area contributed by atoms with Gasteiger partial charge in [0.25, 0.3) is 5.91 Å². The summed E-state index contributed by atoms with van der Waals surface area (Å²) in [6.45, 7) is 8.52. The normalized spacial score (nSPS) is 19.9. The van der Waals surface area contributed by atoms with Gasteiger partial charge in [0, 0.05) is 0 Å². The van der Waals surface area contributed by atoms with Crippen LogP contribution in [0.3, 0.4) is 0 Å². The Balaban J connectivity index is 2.46. The topological polar surface area (TPSA) is 76.2 Å². The van der Waals surface area contributed by atoms with Crippen molar-refractivity contribution in [2.45, 2.75) is 58.8 Å². The van der Waals surface area contributed by atoms with Crippen LogP contribution in [0.5, 0.6) is 0 Å². The van der Waals surface area contributed by atoms with Gasteiger partial charge in [-0.15, -0.1) is 5.01 Å². The fourth-order valence-corrected chi connectivity index (χ4v) is 2.85. The summed E-state index contributed by atoms with van der Waals surface area (Å²) in [5.41, 5.74) is -0.653. The number of imide groups is 1. The van der Waals surface area contributed by atoms with Crippen molar-refractivity contribution >= 4 is 18.1 Å². The summed E-state index contributed by atoms with van der Waals surface area (Å²) >= 11 is 0. The second-order valence-electron chi connectivity index (χ2n) is 6.37. The lowest BCUT2D eigenvalue weighted by Gasteiger charge is -2.54. The summed E-state index contributed by atoms with van der Waals surface area (Å²) in [4.78, 5) is 37.9. The smallest absolute Gasteiger partial charge is 0.436 e. The Bertz CT molecular complexity index is 659. The second kappa shape index (κ2) is 7.13. The molecule has 1 saturated heterocycles. The van der Waals surface area contributed by atoms with E-state index in [0.29, 0.717) is 12.0 Å². The Morgan fingerprint density at radius 3 is 2.00 bits per heavy atom. The fourth-order valence-electron chi connectivity index (χ4n) is 2.85. The quantitative estimate of drug-likeness (QED) is 0.833. The molecule has 136 valence electrons. The van der Waals surface area contributed by atoms with Gasteiger partial charge >= 0.3 is 12.2 Å². The van der Waals surface area contributed by atoms with Gasteiger partial charge < -0.3 is 9.47 Å². The lowest BCUT2D eigenvalue weighted by atomic mass is 9.81. The van der Waals surface area contributed by atoms with E-state index in [1.54, 1.807) is 58.9 Å². The molecule has 1 aliphatic heterocycles. The van der Waals surface area contributed by atoms with Crippen molar-refractivity contribution in [3.8, 4) is 0 Å². The predicted octanol–water partition coefficient (Wildman–Crippen LogP) is 3.44. The Hall–Kier alpha value is -2.57. The number of carbonyl (C=O) groups excluding carboxylic acids is 3. The average Bonchev–Trinajstić information content (AvgIpc) is 2.52. The van der Waals surface area contributed by atoms with Crippen LogP contribution in [0, 0.1) is 0 Å². The first-order chi connectivity index (χ1) is 11.8. The zero-order valence-corrected chi connectivity index (χ0v) is 15.2. The van der Waals surface area contributed by atoms with Gasteiger partial charge in [0.1, 0.15) is 0 Å². The van der Waals surface area contributed by atoms with E-state index in [9.17, 15) is 14.4 Å². The molecule has 0 radical (unpaired) electrons. The molecule has 0 spiro atoms. The van der Waals surface area contributed by atoms with E-state index in [0.717, 1.165) is 10.0 Å². The number of hydrazine groups is 1. The Kier molecular flexibility index (Phi) is 5.35. The molecule has 0 saturated carbocycles. The molecule has 7 heteroatoms. The predicted molar refractivity (Wildman–Crippen MR) is 90.3 cm³/mol. The van der Waals surface area contributed by atoms with E-state index in [1.165, 1.54) is 0 Å². The number of hydrogen-bond donors (Lipinski definition) is 0. The highest BCUT2D eigenvalue weighted by Gasteiger charge is 2.65. The van der Waals surface area contributed by atoms with E-state index in [2.05, 4.69) is 0 Å². The molecule has 2 rings (SSSR count). The molecule has 0 N–H and O–H groups in total. The average molecular weight is 348 g/mol. The summed E-state index contributed by atoms with van der Waals surface area (Å²) < 4.78 is 10.4. The zero-order valence-electron chi connectivity index (χ0n) is 15.2. The van der Waals surface area contributed by atoms with E-state index in [4.69, 9.17) is 9.47 Å². The zero-order chi connectivity index (χ0) is 18.8. The number of amides is 3. The first kappa shape index (κ1) is 18.8. The molecule has 1 heterocycles. The van der Waals surface area contributed by atoms with Crippen molar-refractivity contribution in [1.82, 2.24) is 10.0 Å². The van der Waals surface area contributed by atoms with Crippen LogP contribution in [0.1, 0.15) is 46.6 Å². The van der Waals surface area contributed by atoms with Crippen LogP contribution in [-0.4, -0.2) is 40.3 Å². The third-order valence-corrected chi connectivity index (χ3v) is 3.89. The molecule has 0 aromatic heterocycles. The molecule has 1 fully saturated rings. The van der Waals surface area contributed by atoms with Crippen molar-refractivity contribution in [2.24, 2.45) is 0 Å². The van der Waals surface area contributed by atoms with Gasteiger partial charge in [-0.25, -0.2) is 9.59 Å². The maximum Gasteiger partial charge on any atom is 0.436 e. The van der Waals surface area contributed by atoms with Crippen LogP contribution in [0.15, 0.2) is 30.3 Å². The molecule has 7 nitrogen and oxygen atoms in total. The first-order valence-electron chi connectivity index (χ1n) is 8.37.